The van der Waals surface area contributed by atoms with Gasteiger partial charge in [-0.1, -0.05) is 36.4 Å². The Hall–Kier alpha value is -1.72. The maximum absolute atomic E-state index is 10.4. The van der Waals surface area contributed by atoms with Crippen LogP contribution in [-0.4, -0.2) is 27.2 Å². The number of rotatable bonds is 6. The molecule has 0 amide bonds. The Balaban J connectivity index is 2.18. The van der Waals surface area contributed by atoms with E-state index in [1.54, 1.807) is 18.0 Å². The van der Waals surface area contributed by atoms with E-state index < -0.39 is 6.10 Å². The van der Waals surface area contributed by atoms with Crippen molar-refractivity contribution in [2.75, 3.05) is 7.11 Å². The maximum Gasteiger partial charge on any atom is 0.122 e. The van der Waals surface area contributed by atoms with Gasteiger partial charge in [-0.15, -0.1) is 5.10 Å². The predicted molar refractivity (Wildman–Crippen MR) is 71.5 cm³/mol. The molecule has 0 saturated carbocycles. The van der Waals surface area contributed by atoms with Crippen LogP contribution in [0.2, 0.25) is 0 Å². The largest absolute Gasteiger partial charge is 0.382 e. The average molecular weight is 261 g/mol. The van der Waals surface area contributed by atoms with Crippen LogP contribution >= 0.6 is 0 Å². The molecule has 5 heteroatoms. The molecule has 19 heavy (non-hydrogen) atoms. The van der Waals surface area contributed by atoms with Crippen LogP contribution in [0.15, 0.2) is 30.5 Å². The molecule has 1 heterocycles. The third kappa shape index (κ3) is 3.19. The first kappa shape index (κ1) is 13.7. The van der Waals surface area contributed by atoms with Crippen LogP contribution in [0, 0.1) is 0 Å². The molecule has 1 aromatic carbocycles. The van der Waals surface area contributed by atoms with Gasteiger partial charge in [0, 0.05) is 13.7 Å². The van der Waals surface area contributed by atoms with Crippen molar-refractivity contribution in [3.63, 3.8) is 0 Å². The zero-order valence-corrected chi connectivity index (χ0v) is 11.3. The fourth-order valence-electron chi connectivity index (χ4n) is 2.00. The van der Waals surface area contributed by atoms with Gasteiger partial charge >= 0.3 is 0 Å². The molecule has 2 rings (SSSR count). The number of aromatic nitrogens is 3. The standard InChI is InChI=1S/C14H19N3O2/c1-3-8-17-13(9-15-16-17)14(18)12-6-4-11(5-7-12)10-19-2/h4-7,9,14,18H,3,8,10H2,1-2H3. The van der Waals surface area contributed by atoms with Gasteiger partial charge in [0.1, 0.15) is 6.10 Å². The van der Waals surface area contributed by atoms with Gasteiger partial charge in [-0.05, 0) is 17.5 Å². The van der Waals surface area contributed by atoms with Crippen LogP contribution in [0.1, 0.15) is 36.3 Å². The van der Waals surface area contributed by atoms with Crippen molar-refractivity contribution in [2.45, 2.75) is 32.6 Å². The fraction of sp³-hybridized carbons (Fsp3) is 0.429. The van der Waals surface area contributed by atoms with Crippen LogP contribution in [0.3, 0.4) is 0 Å². The highest BCUT2D eigenvalue weighted by Crippen LogP contribution is 2.21. The highest BCUT2D eigenvalue weighted by atomic mass is 16.5. The van der Waals surface area contributed by atoms with E-state index in [2.05, 4.69) is 17.2 Å². The summed E-state index contributed by atoms with van der Waals surface area (Å²) in [6.07, 6.45) is 1.87. The number of aliphatic hydroxyl groups is 1. The first-order valence-corrected chi connectivity index (χ1v) is 6.40. The number of ether oxygens (including phenoxy) is 1. The highest BCUT2D eigenvalue weighted by molar-refractivity contribution is 5.28. The second-order valence-corrected chi connectivity index (χ2v) is 4.46. The summed E-state index contributed by atoms with van der Waals surface area (Å²) in [6, 6.07) is 7.72. The molecule has 2 aromatic rings. The Bertz CT molecular complexity index is 508. The minimum absolute atomic E-state index is 0.575. The van der Waals surface area contributed by atoms with Crippen LogP contribution in [0.5, 0.6) is 0 Å². The normalized spacial score (nSPS) is 12.6. The first-order chi connectivity index (χ1) is 9.26. The molecule has 0 aliphatic heterocycles. The fourth-order valence-corrected chi connectivity index (χ4v) is 2.00. The van der Waals surface area contributed by atoms with Crippen LogP contribution in [0.25, 0.3) is 0 Å². The van der Waals surface area contributed by atoms with Crippen LogP contribution in [-0.2, 0) is 17.9 Å². The van der Waals surface area contributed by atoms with Gasteiger partial charge in [0.2, 0.25) is 0 Å². The Morgan fingerprint density at radius 3 is 2.68 bits per heavy atom. The minimum atomic E-state index is -0.696. The Morgan fingerprint density at radius 2 is 2.05 bits per heavy atom. The van der Waals surface area contributed by atoms with E-state index in [9.17, 15) is 5.11 Å². The van der Waals surface area contributed by atoms with Gasteiger partial charge in [-0.25, -0.2) is 4.68 Å². The smallest absolute Gasteiger partial charge is 0.122 e. The molecule has 102 valence electrons. The zero-order chi connectivity index (χ0) is 13.7. The summed E-state index contributed by atoms with van der Waals surface area (Å²) in [5.41, 5.74) is 2.64. The van der Waals surface area contributed by atoms with Crippen molar-refractivity contribution < 1.29 is 9.84 Å². The van der Waals surface area contributed by atoms with Gasteiger partial charge in [-0.2, -0.15) is 0 Å². The molecule has 0 radical (unpaired) electrons. The molecule has 1 atom stereocenters. The molecular weight excluding hydrogens is 242 g/mol. The second-order valence-electron chi connectivity index (χ2n) is 4.46. The lowest BCUT2D eigenvalue weighted by molar-refractivity contribution is 0.184. The number of methoxy groups -OCH3 is 1. The molecule has 0 aliphatic carbocycles. The Morgan fingerprint density at radius 1 is 1.32 bits per heavy atom. The van der Waals surface area contributed by atoms with Crippen LogP contribution < -0.4 is 0 Å². The third-order valence-corrected chi connectivity index (χ3v) is 2.97. The summed E-state index contributed by atoms with van der Waals surface area (Å²) in [5.74, 6) is 0. The van der Waals surface area contributed by atoms with Crippen molar-refractivity contribution in [3.8, 4) is 0 Å². The Labute approximate surface area is 112 Å². The van der Waals surface area contributed by atoms with E-state index in [4.69, 9.17) is 4.74 Å². The molecule has 1 aromatic heterocycles. The van der Waals surface area contributed by atoms with Gasteiger partial charge < -0.3 is 9.84 Å². The number of hydrogen-bond acceptors (Lipinski definition) is 4. The molecule has 0 aliphatic rings. The number of aliphatic hydroxyl groups excluding tert-OH is 1. The van der Waals surface area contributed by atoms with Crippen molar-refractivity contribution >= 4 is 0 Å². The maximum atomic E-state index is 10.4. The lowest BCUT2D eigenvalue weighted by Gasteiger charge is -2.12. The minimum Gasteiger partial charge on any atom is -0.382 e. The van der Waals surface area contributed by atoms with Gasteiger partial charge in [0.25, 0.3) is 0 Å². The van der Waals surface area contributed by atoms with E-state index in [0.717, 1.165) is 29.8 Å². The summed E-state index contributed by atoms with van der Waals surface area (Å²) in [5, 5.41) is 18.2. The number of nitrogens with zero attached hydrogens (tertiary/aromatic N) is 3. The van der Waals surface area contributed by atoms with Crippen LogP contribution in [0.4, 0.5) is 0 Å². The summed E-state index contributed by atoms with van der Waals surface area (Å²) < 4.78 is 6.81. The molecule has 0 saturated heterocycles. The lowest BCUT2D eigenvalue weighted by atomic mass is 10.1. The van der Waals surface area contributed by atoms with E-state index >= 15 is 0 Å². The summed E-state index contributed by atoms with van der Waals surface area (Å²) in [7, 11) is 1.66. The number of aryl methyl sites for hydroxylation is 1. The lowest BCUT2D eigenvalue weighted by Crippen LogP contribution is -2.10. The van der Waals surface area contributed by atoms with Crippen molar-refractivity contribution in [2.24, 2.45) is 0 Å². The first-order valence-electron chi connectivity index (χ1n) is 6.40. The molecule has 5 nitrogen and oxygen atoms in total. The van der Waals surface area contributed by atoms with Crippen molar-refractivity contribution in [1.82, 2.24) is 15.0 Å². The molecule has 1 unspecified atom stereocenters. The molecule has 0 spiro atoms. The molecular formula is C14H19N3O2. The summed E-state index contributed by atoms with van der Waals surface area (Å²) in [6.45, 7) is 3.40. The van der Waals surface area contributed by atoms with Crippen molar-refractivity contribution in [3.05, 3.63) is 47.3 Å². The predicted octanol–water partition coefficient (Wildman–Crippen LogP) is 1.92. The topological polar surface area (TPSA) is 60.2 Å². The van der Waals surface area contributed by atoms with Gasteiger partial charge in [-0.3, -0.25) is 0 Å². The van der Waals surface area contributed by atoms with Crippen molar-refractivity contribution in [1.29, 1.82) is 0 Å². The quantitative estimate of drug-likeness (QED) is 0.863. The van der Waals surface area contributed by atoms with E-state index in [0.29, 0.717) is 6.61 Å². The monoisotopic (exact) mass is 261 g/mol. The third-order valence-electron chi connectivity index (χ3n) is 2.97. The van der Waals surface area contributed by atoms with E-state index in [-0.39, 0.29) is 0 Å². The zero-order valence-electron chi connectivity index (χ0n) is 11.3. The van der Waals surface area contributed by atoms with E-state index in [1.165, 1.54) is 0 Å². The van der Waals surface area contributed by atoms with Gasteiger partial charge in [0.15, 0.2) is 0 Å². The molecule has 0 fully saturated rings. The number of benzene rings is 1. The number of hydrogen-bond donors (Lipinski definition) is 1. The SMILES string of the molecule is CCCn1nncc1C(O)c1ccc(COC)cc1. The Kier molecular flexibility index (Phi) is 4.65. The summed E-state index contributed by atoms with van der Waals surface area (Å²) in [4.78, 5) is 0. The molecule has 0 bridgehead atoms. The second kappa shape index (κ2) is 6.45. The highest BCUT2D eigenvalue weighted by Gasteiger charge is 2.15. The van der Waals surface area contributed by atoms with E-state index in [1.807, 2.05) is 24.3 Å². The summed E-state index contributed by atoms with van der Waals surface area (Å²) >= 11 is 0. The van der Waals surface area contributed by atoms with Gasteiger partial charge in [0.05, 0.1) is 18.5 Å². The molecule has 1 N–H and O–H groups in total. The average Bonchev–Trinajstić information content (AvgIpc) is 2.88.